The predicted molar refractivity (Wildman–Crippen MR) is 203 cm³/mol. The number of benzene rings is 9. The van der Waals surface area contributed by atoms with Gasteiger partial charge in [0.15, 0.2) is 0 Å². The Bertz CT molecular complexity index is 2530. The van der Waals surface area contributed by atoms with Crippen LogP contribution in [0, 0.1) is 36.4 Å². The van der Waals surface area contributed by atoms with Crippen LogP contribution in [0.15, 0.2) is 146 Å². The zero-order chi connectivity index (χ0) is 31.6. The Labute approximate surface area is 278 Å². The molecule has 0 aromatic heterocycles. The summed E-state index contributed by atoms with van der Waals surface area (Å²) < 4.78 is 0. The van der Waals surface area contributed by atoms with Crippen LogP contribution in [0.5, 0.6) is 0 Å². The summed E-state index contributed by atoms with van der Waals surface area (Å²) in [6.07, 6.45) is 0. The summed E-state index contributed by atoms with van der Waals surface area (Å²) in [5.41, 5.74) is 0. The highest BCUT2D eigenvalue weighted by molar-refractivity contribution is 6.13. The third kappa shape index (κ3) is 4.24. The predicted octanol–water partition coefficient (Wildman–Crippen LogP) is 12.6. The Hall–Kier alpha value is -6.78. The molecule has 6 bridgehead atoms. The molecule has 0 unspecified atom stereocenters. The van der Waals surface area contributed by atoms with Gasteiger partial charge in [0, 0.05) is 32.3 Å². The molecule has 0 saturated carbocycles. The van der Waals surface area contributed by atoms with Crippen LogP contribution >= 0.6 is 0 Å². The molecule has 0 saturated heterocycles. The molecule has 0 spiro atoms. The van der Waals surface area contributed by atoms with Crippen molar-refractivity contribution in [1.29, 1.82) is 0 Å². The summed E-state index contributed by atoms with van der Waals surface area (Å²) in [5.74, 6) is 0. The van der Waals surface area contributed by atoms with Crippen molar-refractivity contribution in [2.24, 2.45) is 0 Å². The van der Waals surface area contributed by atoms with Gasteiger partial charge in [-0.2, -0.15) is 0 Å². The second kappa shape index (κ2) is 10.4. The molecule has 0 nitrogen and oxygen atoms in total. The molecule has 0 aliphatic carbocycles. The molecule has 0 aliphatic heterocycles. The molecule has 0 radical (unpaired) electrons. The van der Waals surface area contributed by atoms with Gasteiger partial charge in [-0.15, -0.1) is 0 Å². The highest BCUT2D eigenvalue weighted by atomic mass is 14.1. The highest BCUT2D eigenvalue weighted by Gasteiger charge is 2.05. The van der Waals surface area contributed by atoms with Gasteiger partial charge in [0.05, 0.1) is 0 Å². The minimum absolute atomic E-state index is 1.00. The summed E-state index contributed by atoms with van der Waals surface area (Å²) >= 11 is 0. The van der Waals surface area contributed by atoms with E-state index in [2.05, 4.69) is 182 Å². The molecule has 10 rings (SSSR count). The molecule has 48 heavy (non-hydrogen) atoms. The highest BCUT2D eigenvalue weighted by Crippen LogP contribution is 2.31. The van der Waals surface area contributed by atoms with Crippen LogP contribution in [-0.4, -0.2) is 0 Å². The zero-order valence-corrected chi connectivity index (χ0v) is 25.9. The molecule has 0 fully saturated rings. The Morgan fingerprint density at radius 3 is 0.583 bits per heavy atom. The van der Waals surface area contributed by atoms with Crippen molar-refractivity contribution in [2.75, 3.05) is 0 Å². The van der Waals surface area contributed by atoms with Gasteiger partial charge in [-0.1, -0.05) is 109 Å². The van der Waals surface area contributed by atoms with Gasteiger partial charge >= 0.3 is 0 Å². The summed E-state index contributed by atoms with van der Waals surface area (Å²) in [6, 6.07) is 73.2. The smallest absolute Gasteiger partial charge is 0.0327 e. The lowest BCUT2D eigenvalue weighted by molar-refractivity contribution is 1.80. The topological polar surface area (TPSA) is 0 Å². The fourth-order valence-corrected chi connectivity index (χ4v) is 7.21. The van der Waals surface area contributed by atoms with Gasteiger partial charge in [-0.05, 0) is 137 Å². The molecule has 0 amide bonds. The van der Waals surface area contributed by atoms with E-state index < -0.39 is 0 Å². The molecular formula is C48H24. The van der Waals surface area contributed by atoms with E-state index in [9.17, 15) is 0 Å². The van der Waals surface area contributed by atoms with E-state index >= 15 is 0 Å². The normalized spacial score (nSPS) is 11.2. The van der Waals surface area contributed by atoms with E-state index in [0.717, 1.165) is 64.6 Å². The Morgan fingerprint density at radius 1 is 0.208 bits per heavy atom. The number of rotatable bonds is 0. The lowest BCUT2D eigenvalue weighted by atomic mass is 9.99. The van der Waals surface area contributed by atoms with Crippen molar-refractivity contribution < 1.29 is 0 Å². The van der Waals surface area contributed by atoms with Crippen LogP contribution in [0.25, 0.3) is 97.0 Å². The first-order valence-electron chi connectivity index (χ1n) is 16.2. The Balaban J connectivity index is 1.41. The quantitative estimate of drug-likeness (QED) is 0.152. The third-order valence-electron chi connectivity index (χ3n) is 9.63. The van der Waals surface area contributed by atoms with Crippen LogP contribution in [0.3, 0.4) is 0 Å². The van der Waals surface area contributed by atoms with Crippen LogP contribution in [0.4, 0.5) is 0 Å². The zero-order valence-electron chi connectivity index (χ0n) is 25.9. The second-order valence-corrected chi connectivity index (χ2v) is 12.5. The fraction of sp³-hybridized carbons (Fsp3) is 0. The monoisotopic (exact) mass is 600 g/mol. The lowest BCUT2D eigenvalue weighted by Gasteiger charge is -2.04. The molecule has 10 aromatic rings. The van der Waals surface area contributed by atoms with Gasteiger partial charge in [0.2, 0.25) is 0 Å². The first kappa shape index (κ1) is 26.4. The minimum atomic E-state index is 1.00. The molecule has 0 aliphatic rings. The van der Waals surface area contributed by atoms with Gasteiger partial charge in [0.25, 0.3) is 0 Å². The van der Waals surface area contributed by atoms with E-state index in [0.29, 0.717) is 0 Å². The van der Waals surface area contributed by atoms with Crippen molar-refractivity contribution in [3.05, 3.63) is 182 Å². The van der Waals surface area contributed by atoms with Crippen LogP contribution in [0.1, 0.15) is 0 Å². The van der Waals surface area contributed by atoms with Crippen LogP contribution in [0.2, 0.25) is 0 Å². The van der Waals surface area contributed by atoms with E-state index in [1.807, 2.05) is 0 Å². The van der Waals surface area contributed by atoms with E-state index in [1.165, 1.54) is 32.3 Å². The van der Waals surface area contributed by atoms with Crippen molar-refractivity contribution in [3.63, 3.8) is 0 Å². The second-order valence-electron chi connectivity index (χ2n) is 12.5. The molecule has 0 heteroatoms. The van der Waals surface area contributed by atoms with Crippen LogP contribution in [-0.2, 0) is 0 Å². The first-order chi connectivity index (χ1) is 23.7. The number of hydrogen-bond donors (Lipinski definition) is 0. The summed E-state index contributed by atoms with van der Waals surface area (Å²) in [5, 5.41) is 19.8. The maximum Gasteiger partial charge on any atom is 0.0327 e. The van der Waals surface area contributed by atoms with E-state index in [4.69, 9.17) is 0 Å². The van der Waals surface area contributed by atoms with Gasteiger partial charge in [-0.25, -0.2) is 0 Å². The van der Waals surface area contributed by atoms with Gasteiger partial charge in [0.1, 0.15) is 0 Å². The Kier molecular flexibility index (Phi) is 5.71. The largest absolute Gasteiger partial charge is 0.0610 e. The van der Waals surface area contributed by atoms with E-state index in [1.54, 1.807) is 0 Å². The maximum absolute atomic E-state index is 3.55. The third-order valence-corrected chi connectivity index (χ3v) is 9.63. The molecule has 0 atom stereocenters. The Morgan fingerprint density at radius 2 is 0.396 bits per heavy atom. The van der Waals surface area contributed by atoms with Gasteiger partial charge in [-0.3, -0.25) is 0 Å². The maximum atomic E-state index is 3.55. The van der Waals surface area contributed by atoms with E-state index in [-0.39, 0.29) is 0 Å². The summed E-state index contributed by atoms with van der Waals surface area (Å²) in [6.45, 7) is 0. The van der Waals surface area contributed by atoms with Crippen molar-refractivity contribution >= 4 is 97.0 Å². The van der Waals surface area contributed by atoms with Gasteiger partial charge < -0.3 is 0 Å². The molecule has 0 heterocycles. The first-order valence-corrected chi connectivity index (χ1v) is 16.2. The average molecular weight is 601 g/mol. The van der Waals surface area contributed by atoms with Crippen molar-refractivity contribution in [1.82, 2.24) is 0 Å². The molecular weight excluding hydrogens is 577 g/mol. The van der Waals surface area contributed by atoms with Crippen molar-refractivity contribution in [2.45, 2.75) is 0 Å². The minimum Gasteiger partial charge on any atom is -0.0610 e. The lowest BCUT2D eigenvalue weighted by Crippen LogP contribution is -1.78. The molecule has 0 N–H and O–H groups in total. The number of hydrogen-bond acceptors (Lipinski definition) is 0. The standard InChI is InChI=1S/C48H24/c1-7-31-19-20-32-8-3-15-39-26-40-16-5-11-35(46(40)29-45(32)39)23-24-36-12-6-18-42-27-41-17-4-10-34(47(41)30-48(36)42)22-21-33-9-2-14-38-25-37(13-1)43(31)28-44(33)38/h1-18,25-30H. The summed E-state index contributed by atoms with van der Waals surface area (Å²) in [4.78, 5) is 0. The van der Waals surface area contributed by atoms with Crippen LogP contribution < -0.4 is 0 Å². The average Bonchev–Trinajstić information content (AvgIpc) is 3.12. The summed E-state index contributed by atoms with van der Waals surface area (Å²) in [7, 11) is 0. The molecule has 10 aromatic carbocycles. The van der Waals surface area contributed by atoms with Crippen molar-refractivity contribution in [3.8, 4) is 0 Å². The fourth-order valence-electron chi connectivity index (χ4n) is 7.21. The molecule has 216 valence electrons. The SMILES string of the molecule is c1c2cccc3cc4cccc(c#cc5cccc6cc7cccc(c#cc8cccc9cc%10cccc(c#1)c%10cc89)c7cc56)c4cc23.